The fraction of sp³-hybridized carbons (Fsp3) is 0.304. The minimum atomic E-state index is -4.32. The lowest BCUT2D eigenvalue weighted by atomic mass is 10.1. The number of hydrogen-bond donors (Lipinski definition) is 1. The third-order valence-corrected chi connectivity index (χ3v) is 7.90. The number of amides is 1. The number of rotatable bonds is 9. The first-order chi connectivity index (χ1) is 16.3. The third-order valence-electron chi connectivity index (χ3n) is 5.44. The number of carbonyl (C=O) groups excluding carboxylic acids is 1. The van der Waals surface area contributed by atoms with Gasteiger partial charge in [0.15, 0.2) is 0 Å². The van der Waals surface area contributed by atoms with E-state index in [9.17, 15) is 17.8 Å². The molecule has 0 bridgehead atoms. The van der Waals surface area contributed by atoms with E-state index in [4.69, 9.17) is 21.7 Å². The molecule has 11 heteroatoms. The number of para-hydroxylation sites is 2. The maximum absolute atomic E-state index is 13.1. The zero-order valence-corrected chi connectivity index (χ0v) is 20.7. The number of hydrogen-bond acceptors (Lipinski definition) is 7. The Bertz CT molecular complexity index is 1190. The largest absolute Gasteiger partial charge is 0.490 e. The molecule has 1 amide bonds. The molecule has 2 fully saturated rings. The van der Waals surface area contributed by atoms with Crippen LogP contribution in [-0.4, -0.2) is 64.7 Å². The summed E-state index contributed by atoms with van der Waals surface area (Å²) in [7, 11) is -4.32. The molecule has 0 aromatic heterocycles. The smallest absolute Gasteiger partial charge is 0.336 e. The predicted octanol–water partition coefficient (Wildman–Crippen LogP) is 3.61. The first-order valence-corrected chi connectivity index (χ1v) is 13.3. The summed E-state index contributed by atoms with van der Waals surface area (Å²) in [6.45, 7) is 1.03. The first-order valence-electron chi connectivity index (χ1n) is 10.7. The van der Waals surface area contributed by atoms with Crippen molar-refractivity contribution in [2.75, 3.05) is 26.3 Å². The van der Waals surface area contributed by atoms with Gasteiger partial charge in [-0.05, 0) is 37.1 Å². The average Bonchev–Trinajstić information content (AvgIpc) is 3.39. The van der Waals surface area contributed by atoms with Crippen LogP contribution in [0, 0.1) is 0 Å². The lowest BCUT2D eigenvalue weighted by Crippen LogP contribution is -2.44. The second kappa shape index (κ2) is 10.9. The Morgan fingerprint density at radius 1 is 1.09 bits per heavy atom. The van der Waals surface area contributed by atoms with Gasteiger partial charge >= 0.3 is 10.3 Å². The van der Waals surface area contributed by atoms with Crippen LogP contribution in [-0.2, 0) is 15.1 Å². The molecule has 8 nitrogen and oxygen atoms in total. The van der Waals surface area contributed by atoms with Crippen LogP contribution in [0.2, 0.25) is 0 Å². The van der Waals surface area contributed by atoms with E-state index in [-0.39, 0.29) is 19.0 Å². The number of thioether (sulfide) groups is 1. The van der Waals surface area contributed by atoms with Gasteiger partial charge in [0.05, 0.1) is 4.91 Å². The van der Waals surface area contributed by atoms with Crippen molar-refractivity contribution in [2.24, 2.45) is 0 Å². The van der Waals surface area contributed by atoms with Crippen LogP contribution in [0.3, 0.4) is 0 Å². The zero-order chi connectivity index (χ0) is 24.1. The molecule has 34 heavy (non-hydrogen) atoms. The van der Waals surface area contributed by atoms with E-state index in [1.165, 1.54) is 4.90 Å². The monoisotopic (exact) mass is 520 g/mol. The Balaban J connectivity index is 1.41. The maximum atomic E-state index is 13.1. The van der Waals surface area contributed by atoms with Gasteiger partial charge in [0.2, 0.25) is 0 Å². The lowest BCUT2D eigenvalue weighted by Gasteiger charge is -2.25. The molecule has 0 saturated carbocycles. The van der Waals surface area contributed by atoms with E-state index in [0.717, 1.165) is 27.4 Å². The van der Waals surface area contributed by atoms with E-state index in [1.807, 2.05) is 54.6 Å². The predicted molar refractivity (Wildman–Crippen MR) is 135 cm³/mol. The maximum Gasteiger partial charge on any atom is 0.336 e. The highest BCUT2D eigenvalue weighted by Crippen LogP contribution is 2.35. The van der Waals surface area contributed by atoms with Crippen molar-refractivity contribution in [2.45, 2.75) is 18.9 Å². The summed E-state index contributed by atoms with van der Waals surface area (Å²) in [5, 5.41) is 0. The van der Waals surface area contributed by atoms with Crippen LogP contribution in [0.1, 0.15) is 18.4 Å². The fourth-order valence-corrected chi connectivity index (χ4v) is 6.04. The highest BCUT2D eigenvalue weighted by atomic mass is 32.2. The second-order valence-electron chi connectivity index (χ2n) is 7.72. The van der Waals surface area contributed by atoms with E-state index in [2.05, 4.69) is 0 Å². The minimum Gasteiger partial charge on any atom is -0.490 e. The summed E-state index contributed by atoms with van der Waals surface area (Å²) in [4.78, 5) is 14.9. The molecule has 0 radical (unpaired) electrons. The topological polar surface area (TPSA) is 96.4 Å². The van der Waals surface area contributed by atoms with Crippen LogP contribution >= 0.6 is 24.0 Å². The molecule has 2 aromatic rings. The van der Waals surface area contributed by atoms with Gasteiger partial charge in [0, 0.05) is 24.7 Å². The molecule has 1 unspecified atom stereocenters. The molecule has 0 aliphatic carbocycles. The Morgan fingerprint density at radius 3 is 2.56 bits per heavy atom. The van der Waals surface area contributed by atoms with Gasteiger partial charge in [-0.1, -0.05) is 60.4 Å². The molecular formula is C23H24N2O6S3. The van der Waals surface area contributed by atoms with Crippen molar-refractivity contribution < 1.29 is 27.2 Å². The van der Waals surface area contributed by atoms with Gasteiger partial charge in [0.25, 0.3) is 5.91 Å². The number of nitrogens with zero attached hydrogens (tertiary/aromatic N) is 2. The van der Waals surface area contributed by atoms with Crippen molar-refractivity contribution in [3.05, 3.63) is 65.1 Å². The number of ether oxygens (including phenoxy) is 2. The van der Waals surface area contributed by atoms with Gasteiger partial charge in [-0.3, -0.25) is 14.2 Å². The molecule has 180 valence electrons. The Labute approximate surface area is 208 Å². The minimum absolute atomic E-state index is 0.108. The van der Waals surface area contributed by atoms with Gasteiger partial charge in [-0.2, -0.15) is 12.7 Å². The SMILES string of the molecule is O=C1C(=Cc2ccccc2OCCOc2ccccc2)SC(=S)N1CC1CCCN1S(=O)(=O)O. The average molecular weight is 521 g/mol. The molecule has 2 aromatic carbocycles. The van der Waals surface area contributed by atoms with Gasteiger partial charge in [0.1, 0.15) is 29.0 Å². The number of thiocarbonyl (C=S) groups is 1. The van der Waals surface area contributed by atoms with E-state index in [0.29, 0.717) is 41.0 Å². The lowest BCUT2D eigenvalue weighted by molar-refractivity contribution is -0.122. The Morgan fingerprint density at radius 2 is 1.79 bits per heavy atom. The molecule has 2 aliphatic heterocycles. The van der Waals surface area contributed by atoms with Gasteiger partial charge in [-0.15, -0.1) is 0 Å². The standard InChI is InChI=1S/C23H24N2O6S3/c26-22-21(33-23(32)24(22)16-18-8-6-12-25(18)34(27,28)29)15-17-7-4-5-11-20(17)31-14-13-30-19-9-2-1-3-10-19/h1-5,7,9-11,15,18H,6,8,12-14,16H2,(H,27,28,29). The summed E-state index contributed by atoms with van der Waals surface area (Å²) in [5.74, 6) is 1.08. The normalized spacial score (nSPS) is 20.3. The molecule has 2 aliphatic rings. The molecule has 1 atom stereocenters. The van der Waals surface area contributed by atoms with E-state index < -0.39 is 16.3 Å². The molecule has 4 rings (SSSR count). The third kappa shape index (κ3) is 5.97. The second-order valence-corrected chi connectivity index (χ2v) is 10.8. The molecular weight excluding hydrogens is 496 g/mol. The van der Waals surface area contributed by atoms with Crippen LogP contribution < -0.4 is 9.47 Å². The van der Waals surface area contributed by atoms with Gasteiger partial charge < -0.3 is 9.47 Å². The zero-order valence-electron chi connectivity index (χ0n) is 18.2. The summed E-state index contributed by atoms with van der Waals surface area (Å²) in [6.07, 6.45) is 2.90. The van der Waals surface area contributed by atoms with Crippen LogP contribution in [0.25, 0.3) is 6.08 Å². The van der Waals surface area contributed by atoms with Crippen LogP contribution in [0.5, 0.6) is 11.5 Å². The Kier molecular flexibility index (Phi) is 7.89. The highest BCUT2D eigenvalue weighted by molar-refractivity contribution is 8.26. The summed E-state index contributed by atoms with van der Waals surface area (Å²) in [5.41, 5.74) is 0.725. The summed E-state index contributed by atoms with van der Waals surface area (Å²) < 4.78 is 45.6. The van der Waals surface area contributed by atoms with Gasteiger partial charge in [-0.25, -0.2) is 0 Å². The van der Waals surface area contributed by atoms with Crippen LogP contribution in [0.15, 0.2) is 59.5 Å². The van der Waals surface area contributed by atoms with Crippen molar-refractivity contribution in [1.29, 1.82) is 0 Å². The van der Waals surface area contributed by atoms with E-state index >= 15 is 0 Å². The fourth-order valence-electron chi connectivity index (χ4n) is 3.86. The number of benzene rings is 2. The Hall–Kier alpha value is -2.44. The van der Waals surface area contributed by atoms with Crippen LogP contribution in [0.4, 0.5) is 0 Å². The molecule has 2 heterocycles. The van der Waals surface area contributed by atoms with Crippen molar-refractivity contribution >= 4 is 50.6 Å². The van der Waals surface area contributed by atoms with Crippen molar-refractivity contribution in [3.8, 4) is 11.5 Å². The summed E-state index contributed by atoms with van der Waals surface area (Å²) >= 11 is 6.55. The highest BCUT2D eigenvalue weighted by Gasteiger charge is 2.39. The van der Waals surface area contributed by atoms with E-state index in [1.54, 1.807) is 6.08 Å². The van der Waals surface area contributed by atoms with Crippen molar-refractivity contribution in [1.82, 2.24) is 9.21 Å². The quantitative estimate of drug-likeness (QED) is 0.232. The van der Waals surface area contributed by atoms with Crippen molar-refractivity contribution in [3.63, 3.8) is 0 Å². The molecule has 1 N–H and O–H groups in total. The molecule has 0 spiro atoms. The summed E-state index contributed by atoms with van der Waals surface area (Å²) in [6, 6.07) is 16.3. The molecule has 2 saturated heterocycles. The first kappa shape index (κ1) is 24.7. The number of carbonyl (C=O) groups is 1.